The number of ether oxygens (including phenoxy) is 4. The van der Waals surface area contributed by atoms with Crippen molar-refractivity contribution in [3.63, 3.8) is 0 Å². The van der Waals surface area contributed by atoms with Gasteiger partial charge in [-0.2, -0.15) is 0 Å². The average molecular weight is 445 g/mol. The van der Waals surface area contributed by atoms with E-state index in [0.29, 0.717) is 24.6 Å². The van der Waals surface area contributed by atoms with Crippen LogP contribution in [0.1, 0.15) is 18.9 Å². The van der Waals surface area contributed by atoms with Gasteiger partial charge in [-0.3, -0.25) is 9.69 Å². The van der Waals surface area contributed by atoms with E-state index in [-0.39, 0.29) is 31.7 Å². The topological polar surface area (TPSA) is 89.5 Å². The molecule has 32 heavy (non-hydrogen) atoms. The highest BCUT2D eigenvalue weighted by atomic mass is 16.5. The third kappa shape index (κ3) is 6.77. The van der Waals surface area contributed by atoms with Crippen LogP contribution in [0.4, 0.5) is 0 Å². The third-order valence-corrected chi connectivity index (χ3v) is 5.26. The summed E-state index contributed by atoms with van der Waals surface area (Å²) in [7, 11) is 3.21. The molecule has 1 aliphatic rings. The first-order chi connectivity index (χ1) is 15.5. The van der Waals surface area contributed by atoms with Crippen molar-refractivity contribution in [1.29, 1.82) is 0 Å². The van der Waals surface area contributed by atoms with Crippen LogP contribution < -0.4 is 24.3 Å². The van der Waals surface area contributed by atoms with E-state index in [1.807, 2.05) is 35.2 Å². The van der Waals surface area contributed by atoms with Crippen molar-refractivity contribution in [2.45, 2.75) is 32.1 Å². The summed E-state index contributed by atoms with van der Waals surface area (Å²) in [6.07, 6.45) is 0.00878. The molecule has 0 bridgehead atoms. The first kappa shape index (κ1) is 23.7. The molecule has 0 spiro atoms. The highest BCUT2D eigenvalue weighted by molar-refractivity contribution is 5.78. The molecular weight excluding hydrogens is 412 g/mol. The Kier molecular flexibility index (Phi) is 8.58. The molecule has 2 aromatic carbocycles. The van der Waals surface area contributed by atoms with Crippen molar-refractivity contribution < 1.29 is 28.8 Å². The second-order valence-corrected chi connectivity index (χ2v) is 7.74. The minimum Gasteiger partial charge on any atom is -0.497 e. The van der Waals surface area contributed by atoms with Crippen molar-refractivity contribution in [2.75, 3.05) is 40.5 Å². The molecule has 2 aromatic rings. The maximum absolute atomic E-state index is 12.5. The van der Waals surface area contributed by atoms with Gasteiger partial charge in [-0.25, -0.2) is 0 Å². The Bertz CT molecular complexity index is 891. The number of hydrogen-bond acceptors (Lipinski definition) is 7. The number of methoxy groups -OCH3 is 2. The first-order valence-electron chi connectivity index (χ1n) is 10.8. The Labute approximate surface area is 189 Å². The summed E-state index contributed by atoms with van der Waals surface area (Å²) in [6.45, 7) is 3.67. The number of fused-ring (bicyclic) bond motifs is 1. The lowest BCUT2D eigenvalue weighted by molar-refractivity contribution is -0.123. The van der Waals surface area contributed by atoms with Crippen LogP contribution in [0.2, 0.25) is 0 Å². The third-order valence-electron chi connectivity index (χ3n) is 5.26. The van der Waals surface area contributed by atoms with Gasteiger partial charge in [0, 0.05) is 31.3 Å². The monoisotopic (exact) mass is 444 g/mol. The molecule has 3 rings (SSSR count). The number of hydrogen-bond donors (Lipinski definition) is 2. The van der Waals surface area contributed by atoms with E-state index in [0.717, 1.165) is 23.5 Å². The number of nitrogens with zero attached hydrogens (tertiary/aromatic N) is 1. The van der Waals surface area contributed by atoms with Gasteiger partial charge in [0.2, 0.25) is 5.91 Å². The number of carbonyl (C=O) groups excluding carboxylic acids is 1. The van der Waals surface area contributed by atoms with Crippen molar-refractivity contribution in [2.24, 2.45) is 0 Å². The zero-order chi connectivity index (χ0) is 22.9. The number of aliphatic hydroxyl groups is 1. The highest BCUT2D eigenvalue weighted by Crippen LogP contribution is 2.29. The summed E-state index contributed by atoms with van der Waals surface area (Å²) in [5.74, 6) is 2.69. The Morgan fingerprint density at radius 2 is 1.94 bits per heavy atom. The average Bonchev–Trinajstić information content (AvgIpc) is 2.99. The molecule has 1 heterocycles. The van der Waals surface area contributed by atoms with E-state index in [2.05, 4.69) is 12.2 Å². The van der Waals surface area contributed by atoms with Crippen LogP contribution >= 0.6 is 0 Å². The number of amides is 1. The maximum Gasteiger partial charge on any atom is 0.234 e. The number of rotatable bonds is 10. The lowest BCUT2D eigenvalue weighted by Crippen LogP contribution is -2.43. The molecule has 0 radical (unpaired) electrons. The largest absolute Gasteiger partial charge is 0.497 e. The van der Waals surface area contributed by atoms with E-state index in [1.54, 1.807) is 26.4 Å². The minimum atomic E-state index is -0.828. The van der Waals surface area contributed by atoms with Crippen molar-refractivity contribution in [1.82, 2.24) is 10.2 Å². The molecule has 174 valence electrons. The fourth-order valence-electron chi connectivity index (χ4n) is 3.50. The second-order valence-electron chi connectivity index (χ2n) is 7.74. The maximum atomic E-state index is 12.5. The number of carbonyl (C=O) groups is 1. The summed E-state index contributed by atoms with van der Waals surface area (Å²) in [5, 5.41) is 13.0. The van der Waals surface area contributed by atoms with Gasteiger partial charge in [0.25, 0.3) is 0 Å². The van der Waals surface area contributed by atoms with E-state index in [4.69, 9.17) is 18.9 Å². The summed E-state index contributed by atoms with van der Waals surface area (Å²) < 4.78 is 22.2. The number of nitrogens with one attached hydrogen (secondary N) is 1. The lowest BCUT2D eigenvalue weighted by atomic mass is 10.2. The zero-order valence-electron chi connectivity index (χ0n) is 18.9. The summed E-state index contributed by atoms with van der Waals surface area (Å²) >= 11 is 0. The molecule has 2 N–H and O–H groups in total. The molecule has 2 unspecified atom stereocenters. The summed E-state index contributed by atoms with van der Waals surface area (Å²) in [4.78, 5) is 14.6. The lowest BCUT2D eigenvalue weighted by Gasteiger charge is -2.23. The molecule has 8 nitrogen and oxygen atoms in total. The molecule has 0 fully saturated rings. The molecule has 0 aromatic heterocycles. The molecule has 0 aliphatic carbocycles. The van der Waals surface area contributed by atoms with Crippen molar-refractivity contribution in [3.8, 4) is 23.0 Å². The predicted octanol–water partition coefficient (Wildman–Crippen LogP) is 2.23. The quantitative estimate of drug-likeness (QED) is 0.581. The molecule has 1 aliphatic heterocycles. The Morgan fingerprint density at radius 1 is 1.19 bits per heavy atom. The van der Waals surface area contributed by atoms with Crippen LogP contribution in [-0.2, 0) is 11.3 Å². The Balaban J connectivity index is 1.49. The van der Waals surface area contributed by atoms with E-state index >= 15 is 0 Å². The van der Waals surface area contributed by atoms with Crippen molar-refractivity contribution in [3.05, 3.63) is 48.0 Å². The second kappa shape index (κ2) is 11.6. The molecule has 1 amide bonds. The SMILES string of the molecule is CCC1CN(CC(=O)NCC(O)COc2cccc(OC)c2)Cc2cc(OC)ccc2O1. The van der Waals surface area contributed by atoms with Crippen LogP contribution in [0.15, 0.2) is 42.5 Å². The fraction of sp³-hybridized carbons (Fsp3) is 0.458. The molecule has 2 atom stereocenters. The molecule has 0 saturated carbocycles. The van der Waals surface area contributed by atoms with Gasteiger partial charge >= 0.3 is 0 Å². The predicted molar refractivity (Wildman–Crippen MR) is 120 cm³/mol. The smallest absolute Gasteiger partial charge is 0.234 e. The van der Waals surface area contributed by atoms with Crippen LogP contribution in [0.25, 0.3) is 0 Å². The van der Waals surface area contributed by atoms with Crippen LogP contribution in [0, 0.1) is 0 Å². The zero-order valence-corrected chi connectivity index (χ0v) is 18.9. The number of aliphatic hydroxyl groups excluding tert-OH is 1. The Hall–Kier alpha value is -2.97. The van der Waals surface area contributed by atoms with E-state index in [1.165, 1.54) is 0 Å². The van der Waals surface area contributed by atoms with Gasteiger partial charge in [-0.1, -0.05) is 13.0 Å². The van der Waals surface area contributed by atoms with Gasteiger partial charge in [0.1, 0.15) is 41.8 Å². The van der Waals surface area contributed by atoms with Gasteiger partial charge in [-0.15, -0.1) is 0 Å². The van der Waals surface area contributed by atoms with Crippen LogP contribution in [-0.4, -0.2) is 68.6 Å². The molecule has 0 saturated heterocycles. The molecule has 8 heteroatoms. The summed E-state index contributed by atoms with van der Waals surface area (Å²) in [5.41, 5.74) is 0.986. The number of benzene rings is 2. The first-order valence-corrected chi connectivity index (χ1v) is 10.8. The minimum absolute atomic E-state index is 0.000649. The summed E-state index contributed by atoms with van der Waals surface area (Å²) in [6, 6.07) is 12.9. The van der Waals surface area contributed by atoms with E-state index < -0.39 is 6.10 Å². The van der Waals surface area contributed by atoms with Crippen LogP contribution in [0.3, 0.4) is 0 Å². The van der Waals surface area contributed by atoms with Gasteiger partial charge in [0.15, 0.2) is 0 Å². The standard InChI is InChI=1S/C24H32N2O6/c1-4-19-14-26(13-17-10-21(30-3)8-9-23(17)32-19)15-24(28)25-12-18(27)16-31-22-7-5-6-20(11-22)29-2/h5-11,18-19,27H,4,12-16H2,1-3H3,(H,25,28). The normalized spacial score (nSPS) is 16.8. The Morgan fingerprint density at radius 3 is 2.69 bits per heavy atom. The van der Waals surface area contributed by atoms with Gasteiger partial charge < -0.3 is 29.4 Å². The van der Waals surface area contributed by atoms with Gasteiger partial charge in [0.05, 0.1) is 20.8 Å². The van der Waals surface area contributed by atoms with Gasteiger partial charge in [-0.05, 0) is 36.8 Å². The van der Waals surface area contributed by atoms with Crippen LogP contribution in [0.5, 0.6) is 23.0 Å². The fourth-order valence-corrected chi connectivity index (χ4v) is 3.50. The van der Waals surface area contributed by atoms with Crippen molar-refractivity contribution >= 4 is 5.91 Å². The highest BCUT2D eigenvalue weighted by Gasteiger charge is 2.24. The molecular formula is C24H32N2O6. The van der Waals surface area contributed by atoms with E-state index in [9.17, 15) is 9.90 Å².